The molecule has 0 aromatic carbocycles. The molecule has 0 aromatic heterocycles. The fraction of sp³-hybridized carbons (Fsp3) is 0.647. The highest BCUT2D eigenvalue weighted by molar-refractivity contribution is 5.90. The zero-order chi connectivity index (χ0) is 16.9. The Bertz CT molecular complexity index is 567. The largest absolute Gasteiger partial charge is 0.459 e. The first-order chi connectivity index (χ1) is 10.9. The van der Waals surface area contributed by atoms with E-state index in [-0.39, 0.29) is 24.4 Å². The van der Waals surface area contributed by atoms with Gasteiger partial charge in [-0.15, -0.1) is 0 Å². The highest BCUT2D eigenvalue weighted by atomic mass is 16.6. The van der Waals surface area contributed by atoms with Crippen LogP contribution in [0.2, 0.25) is 0 Å². The number of ether oxygens (including phenoxy) is 2. The van der Waals surface area contributed by atoms with Crippen LogP contribution in [-0.2, 0) is 19.1 Å². The molecular weight excluding hydrogens is 300 g/mol. The van der Waals surface area contributed by atoms with Crippen LogP contribution in [0.5, 0.6) is 0 Å². The van der Waals surface area contributed by atoms with Crippen LogP contribution in [0.4, 0.5) is 0 Å². The van der Waals surface area contributed by atoms with Crippen LogP contribution < -0.4 is 0 Å². The van der Waals surface area contributed by atoms with Gasteiger partial charge in [0.1, 0.15) is 12.2 Å². The number of rotatable bonds is 2. The van der Waals surface area contributed by atoms with Gasteiger partial charge >= 0.3 is 11.9 Å². The smallest absolute Gasteiger partial charge is 0.334 e. The molecule has 126 valence electrons. The fourth-order valence-corrected chi connectivity index (χ4v) is 4.53. The molecule has 3 aliphatic rings. The number of carbonyl (C=O) groups is 2. The normalized spacial score (nSPS) is 42.7. The molecule has 23 heavy (non-hydrogen) atoms. The lowest BCUT2D eigenvalue weighted by atomic mass is 9.79. The van der Waals surface area contributed by atoms with Gasteiger partial charge in [0.05, 0.1) is 6.10 Å². The van der Waals surface area contributed by atoms with Crippen molar-refractivity contribution >= 4 is 11.9 Å². The molecule has 3 rings (SSSR count). The third kappa shape index (κ3) is 2.40. The quantitative estimate of drug-likeness (QED) is 0.439. The summed E-state index contributed by atoms with van der Waals surface area (Å²) in [5.74, 6) is -2.29. The summed E-state index contributed by atoms with van der Waals surface area (Å²) >= 11 is 0. The predicted octanol–water partition coefficient (Wildman–Crippen LogP) is 0.581. The van der Waals surface area contributed by atoms with Gasteiger partial charge < -0.3 is 19.7 Å². The van der Waals surface area contributed by atoms with Crippen LogP contribution in [-0.4, -0.2) is 47.1 Å². The summed E-state index contributed by atoms with van der Waals surface area (Å²) in [7, 11) is 0. The van der Waals surface area contributed by atoms with Gasteiger partial charge in [0.15, 0.2) is 0 Å². The minimum atomic E-state index is -0.958. The van der Waals surface area contributed by atoms with Gasteiger partial charge in [-0.3, -0.25) is 4.79 Å². The topological polar surface area (TPSA) is 93.1 Å². The zero-order valence-corrected chi connectivity index (χ0v) is 13.1. The van der Waals surface area contributed by atoms with Crippen LogP contribution in [0.25, 0.3) is 0 Å². The SMILES string of the molecule is C=C1C(=O)OC2C1CCC(=C)C1C(O)C(OC(C)=O)C(CO)C21. The van der Waals surface area contributed by atoms with Gasteiger partial charge in [0, 0.05) is 42.8 Å². The van der Waals surface area contributed by atoms with Crippen molar-refractivity contribution in [3.63, 3.8) is 0 Å². The van der Waals surface area contributed by atoms with Gasteiger partial charge in [0.25, 0.3) is 0 Å². The lowest BCUT2D eigenvalue weighted by Crippen LogP contribution is -2.37. The molecule has 2 saturated carbocycles. The molecule has 3 fully saturated rings. The maximum atomic E-state index is 11.9. The van der Waals surface area contributed by atoms with Crippen molar-refractivity contribution in [2.45, 2.75) is 38.1 Å². The van der Waals surface area contributed by atoms with E-state index in [0.717, 1.165) is 5.57 Å². The van der Waals surface area contributed by atoms with Gasteiger partial charge in [0.2, 0.25) is 0 Å². The lowest BCUT2D eigenvalue weighted by molar-refractivity contribution is -0.156. The first-order valence-corrected chi connectivity index (χ1v) is 7.90. The van der Waals surface area contributed by atoms with Gasteiger partial charge in [-0.25, -0.2) is 4.79 Å². The van der Waals surface area contributed by atoms with E-state index in [2.05, 4.69) is 13.2 Å². The van der Waals surface area contributed by atoms with Crippen molar-refractivity contribution in [1.29, 1.82) is 0 Å². The van der Waals surface area contributed by atoms with E-state index in [0.29, 0.717) is 18.4 Å². The lowest BCUT2D eigenvalue weighted by Gasteiger charge is -2.29. The second-order valence-corrected chi connectivity index (χ2v) is 6.71. The molecule has 0 aromatic rings. The third-order valence-electron chi connectivity index (χ3n) is 5.53. The summed E-state index contributed by atoms with van der Waals surface area (Å²) in [6.45, 7) is 8.89. The predicted molar refractivity (Wildman–Crippen MR) is 80.0 cm³/mol. The molecule has 1 heterocycles. The Morgan fingerprint density at radius 1 is 1.43 bits per heavy atom. The van der Waals surface area contributed by atoms with Crippen molar-refractivity contribution in [3.8, 4) is 0 Å². The monoisotopic (exact) mass is 322 g/mol. The number of esters is 2. The molecule has 2 aliphatic carbocycles. The zero-order valence-electron chi connectivity index (χ0n) is 13.1. The van der Waals surface area contributed by atoms with E-state index >= 15 is 0 Å². The van der Waals surface area contributed by atoms with E-state index in [1.54, 1.807) is 0 Å². The molecule has 7 atom stereocenters. The summed E-state index contributed by atoms with van der Waals surface area (Å²) in [6.07, 6.45) is -0.925. The molecule has 6 heteroatoms. The molecule has 0 bridgehead atoms. The van der Waals surface area contributed by atoms with Crippen LogP contribution in [0.3, 0.4) is 0 Å². The van der Waals surface area contributed by atoms with Crippen LogP contribution in [0.1, 0.15) is 19.8 Å². The highest BCUT2D eigenvalue weighted by Crippen LogP contribution is 2.53. The van der Waals surface area contributed by atoms with Gasteiger partial charge in [-0.05, 0) is 12.8 Å². The average molecular weight is 322 g/mol. The minimum absolute atomic E-state index is 0.147. The van der Waals surface area contributed by atoms with E-state index < -0.39 is 36.2 Å². The Kier molecular flexibility index (Phi) is 4.06. The van der Waals surface area contributed by atoms with Crippen molar-refractivity contribution in [1.82, 2.24) is 0 Å². The summed E-state index contributed by atoms with van der Waals surface area (Å²) in [4.78, 5) is 23.3. The molecule has 0 amide bonds. The van der Waals surface area contributed by atoms with E-state index in [9.17, 15) is 19.8 Å². The molecular formula is C17H22O6. The van der Waals surface area contributed by atoms with Gasteiger partial charge in [-0.1, -0.05) is 18.7 Å². The number of carbonyl (C=O) groups excluding carboxylic acids is 2. The maximum Gasteiger partial charge on any atom is 0.334 e. The minimum Gasteiger partial charge on any atom is -0.459 e. The standard InChI is InChI=1S/C17H22O6/c1-7-4-5-10-8(2)17(21)23-15(10)13-11(6-18)16(22-9(3)19)14(20)12(7)13/h10-16,18,20H,1-2,4-6H2,3H3. The molecule has 1 aliphatic heterocycles. The number of aliphatic hydroxyl groups is 2. The molecule has 0 spiro atoms. The van der Waals surface area contributed by atoms with Crippen LogP contribution in [0, 0.1) is 23.7 Å². The summed E-state index contributed by atoms with van der Waals surface area (Å²) in [5, 5.41) is 20.5. The van der Waals surface area contributed by atoms with E-state index in [4.69, 9.17) is 9.47 Å². The fourth-order valence-electron chi connectivity index (χ4n) is 4.53. The Morgan fingerprint density at radius 2 is 2.13 bits per heavy atom. The highest BCUT2D eigenvalue weighted by Gasteiger charge is 2.60. The van der Waals surface area contributed by atoms with Crippen molar-refractivity contribution in [2.75, 3.05) is 6.61 Å². The third-order valence-corrected chi connectivity index (χ3v) is 5.53. The van der Waals surface area contributed by atoms with Crippen molar-refractivity contribution < 1.29 is 29.3 Å². The number of hydrogen-bond donors (Lipinski definition) is 2. The van der Waals surface area contributed by atoms with Crippen LogP contribution >= 0.6 is 0 Å². The molecule has 0 radical (unpaired) electrons. The molecule has 6 nitrogen and oxygen atoms in total. The molecule has 2 N–H and O–H groups in total. The number of fused-ring (bicyclic) bond motifs is 3. The second-order valence-electron chi connectivity index (χ2n) is 6.71. The Balaban J connectivity index is 2.00. The maximum absolute atomic E-state index is 11.9. The first-order valence-electron chi connectivity index (χ1n) is 7.90. The van der Waals surface area contributed by atoms with Crippen molar-refractivity contribution in [2.24, 2.45) is 23.7 Å². The summed E-state index contributed by atoms with van der Waals surface area (Å²) in [5.41, 5.74) is 1.28. The van der Waals surface area contributed by atoms with Gasteiger partial charge in [-0.2, -0.15) is 0 Å². The van der Waals surface area contributed by atoms with Crippen molar-refractivity contribution in [3.05, 3.63) is 24.3 Å². The number of hydrogen-bond acceptors (Lipinski definition) is 6. The summed E-state index contributed by atoms with van der Waals surface area (Å²) in [6, 6.07) is 0. The molecule has 1 saturated heterocycles. The Morgan fingerprint density at radius 3 is 2.74 bits per heavy atom. The van der Waals surface area contributed by atoms with E-state index in [1.807, 2.05) is 0 Å². The number of aliphatic hydroxyl groups excluding tert-OH is 2. The van der Waals surface area contributed by atoms with E-state index in [1.165, 1.54) is 6.92 Å². The Hall–Kier alpha value is -1.66. The first kappa shape index (κ1) is 16.2. The summed E-state index contributed by atoms with van der Waals surface area (Å²) < 4.78 is 10.8. The Labute approximate surface area is 134 Å². The van der Waals surface area contributed by atoms with Crippen LogP contribution in [0.15, 0.2) is 24.3 Å². The average Bonchev–Trinajstić information content (AvgIpc) is 2.86. The molecule has 7 unspecified atom stereocenters. The second kappa shape index (κ2) is 5.76.